The standard InChI is InChI=1S/C21H23N3O5/c1-3-29-20(26)14-4-6-15(7-5-14)22-21(27)23-16-12-19(25)24(13-16)17-8-10-18(28-2)11-9-17/h4-11,16H,3,12-13H2,1-2H3,(H2,22,23,27)/t16-/m1/s1. The lowest BCUT2D eigenvalue weighted by atomic mass is 10.2. The number of esters is 1. The summed E-state index contributed by atoms with van der Waals surface area (Å²) in [7, 11) is 1.58. The first-order valence-electron chi connectivity index (χ1n) is 9.29. The van der Waals surface area contributed by atoms with E-state index in [2.05, 4.69) is 10.6 Å². The highest BCUT2D eigenvalue weighted by Crippen LogP contribution is 2.24. The van der Waals surface area contributed by atoms with Gasteiger partial charge in [0.25, 0.3) is 0 Å². The summed E-state index contributed by atoms with van der Waals surface area (Å²) in [6.45, 7) is 2.43. The Kier molecular flexibility index (Phi) is 6.33. The number of urea groups is 1. The zero-order valence-electron chi connectivity index (χ0n) is 16.3. The highest BCUT2D eigenvalue weighted by molar-refractivity contribution is 5.98. The second kappa shape index (κ2) is 9.09. The maximum Gasteiger partial charge on any atom is 0.338 e. The number of methoxy groups -OCH3 is 1. The fraction of sp³-hybridized carbons (Fsp3) is 0.286. The van der Waals surface area contributed by atoms with Crippen LogP contribution in [0.15, 0.2) is 48.5 Å². The quantitative estimate of drug-likeness (QED) is 0.731. The van der Waals surface area contributed by atoms with Crippen LogP contribution in [0.1, 0.15) is 23.7 Å². The SMILES string of the molecule is CCOC(=O)c1ccc(NC(=O)N[C@@H]2CC(=O)N(c3ccc(OC)cc3)C2)cc1. The Morgan fingerprint density at radius 1 is 1.10 bits per heavy atom. The normalized spacial score (nSPS) is 15.7. The summed E-state index contributed by atoms with van der Waals surface area (Å²) in [4.78, 5) is 37.9. The minimum absolute atomic E-state index is 0.0562. The van der Waals surface area contributed by atoms with Crippen LogP contribution in [0.4, 0.5) is 16.2 Å². The molecule has 1 fully saturated rings. The number of amides is 3. The summed E-state index contributed by atoms with van der Waals surface area (Å²) in [5, 5.41) is 5.51. The lowest BCUT2D eigenvalue weighted by Crippen LogP contribution is -2.39. The zero-order valence-corrected chi connectivity index (χ0v) is 16.3. The molecular weight excluding hydrogens is 374 g/mol. The van der Waals surface area contributed by atoms with Gasteiger partial charge in [-0.05, 0) is 55.5 Å². The number of nitrogens with one attached hydrogen (secondary N) is 2. The molecule has 2 N–H and O–H groups in total. The van der Waals surface area contributed by atoms with Crippen LogP contribution in [0.3, 0.4) is 0 Å². The lowest BCUT2D eigenvalue weighted by molar-refractivity contribution is -0.117. The third-order valence-corrected chi connectivity index (χ3v) is 4.50. The maximum absolute atomic E-state index is 12.3. The van der Waals surface area contributed by atoms with Gasteiger partial charge in [-0.1, -0.05) is 0 Å². The van der Waals surface area contributed by atoms with E-state index in [1.165, 1.54) is 0 Å². The Balaban J connectivity index is 1.54. The fourth-order valence-corrected chi connectivity index (χ4v) is 3.07. The van der Waals surface area contributed by atoms with Gasteiger partial charge in [-0.25, -0.2) is 9.59 Å². The average Bonchev–Trinajstić information content (AvgIpc) is 3.08. The number of carbonyl (C=O) groups excluding carboxylic acids is 3. The van der Waals surface area contributed by atoms with Crippen molar-refractivity contribution in [2.75, 3.05) is 30.5 Å². The summed E-state index contributed by atoms with van der Waals surface area (Å²) in [6, 6.07) is 12.9. The molecule has 8 nitrogen and oxygen atoms in total. The van der Waals surface area contributed by atoms with Crippen molar-refractivity contribution in [3.63, 3.8) is 0 Å². The largest absolute Gasteiger partial charge is 0.497 e. The second-order valence-corrected chi connectivity index (χ2v) is 6.50. The molecule has 0 radical (unpaired) electrons. The van der Waals surface area contributed by atoms with Gasteiger partial charge in [0.05, 0.1) is 25.3 Å². The van der Waals surface area contributed by atoms with Crippen LogP contribution in [0.25, 0.3) is 0 Å². The third kappa shape index (κ3) is 5.04. The average molecular weight is 397 g/mol. The molecule has 0 bridgehead atoms. The summed E-state index contributed by atoms with van der Waals surface area (Å²) >= 11 is 0. The molecule has 2 aromatic carbocycles. The Bertz CT molecular complexity index is 880. The molecule has 3 rings (SSSR count). The van der Waals surface area contributed by atoms with Gasteiger partial charge < -0.3 is 25.0 Å². The smallest absolute Gasteiger partial charge is 0.338 e. The number of ether oxygens (including phenoxy) is 2. The van der Waals surface area contributed by atoms with Crippen LogP contribution in [-0.2, 0) is 9.53 Å². The number of nitrogens with zero attached hydrogens (tertiary/aromatic N) is 1. The van der Waals surface area contributed by atoms with E-state index in [1.807, 2.05) is 12.1 Å². The molecular formula is C21H23N3O5. The third-order valence-electron chi connectivity index (χ3n) is 4.50. The van der Waals surface area contributed by atoms with E-state index in [1.54, 1.807) is 55.3 Å². The van der Waals surface area contributed by atoms with Crippen molar-refractivity contribution in [1.82, 2.24) is 5.32 Å². The van der Waals surface area contributed by atoms with Crippen molar-refractivity contribution in [1.29, 1.82) is 0 Å². The molecule has 0 aromatic heterocycles. The Morgan fingerprint density at radius 2 is 1.79 bits per heavy atom. The van der Waals surface area contributed by atoms with Crippen LogP contribution >= 0.6 is 0 Å². The van der Waals surface area contributed by atoms with Gasteiger partial charge in [0, 0.05) is 24.3 Å². The summed E-state index contributed by atoms with van der Waals surface area (Å²) < 4.78 is 10.1. The molecule has 1 saturated heterocycles. The number of hydrogen-bond acceptors (Lipinski definition) is 5. The molecule has 1 heterocycles. The Hall–Kier alpha value is -3.55. The van der Waals surface area contributed by atoms with E-state index in [-0.39, 0.29) is 18.4 Å². The van der Waals surface area contributed by atoms with Crippen molar-refractivity contribution in [2.24, 2.45) is 0 Å². The van der Waals surface area contributed by atoms with Gasteiger partial charge in [-0.3, -0.25) is 4.79 Å². The summed E-state index contributed by atoms with van der Waals surface area (Å²) in [5.41, 5.74) is 1.70. The van der Waals surface area contributed by atoms with Crippen LogP contribution < -0.4 is 20.3 Å². The maximum atomic E-state index is 12.3. The van der Waals surface area contributed by atoms with Gasteiger partial charge in [0.2, 0.25) is 5.91 Å². The molecule has 0 unspecified atom stereocenters. The monoisotopic (exact) mass is 397 g/mol. The molecule has 1 aliphatic heterocycles. The Labute approximate surface area is 168 Å². The van der Waals surface area contributed by atoms with Crippen molar-refractivity contribution >= 4 is 29.3 Å². The number of rotatable bonds is 6. The van der Waals surface area contributed by atoms with Gasteiger partial charge in [-0.2, -0.15) is 0 Å². The summed E-state index contributed by atoms with van der Waals surface area (Å²) in [6.07, 6.45) is 0.223. The molecule has 8 heteroatoms. The predicted molar refractivity (Wildman–Crippen MR) is 108 cm³/mol. The van der Waals surface area contributed by atoms with Gasteiger partial charge in [0.1, 0.15) is 5.75 Å². The number of benzene rings is 2. The first kappa shape index (κ1) is 20.2. The molecule has 1 atom stereocenters. The molecule has 3 amide bonds. The van der Waals surface area contributed by atoms with Gasteiger partial charge in [-0.15, -0.1) is 0 Å². The second-order valence-electron chi connectivity index (χ2n) is 6.50. The first-order valence-corrected chi connectivity index (χ1v) is 9.29. The highest BCUT2D eigenvalue weighted by Gasteiger charge is 2.31. The molecule has 2 aromatic rings. The number of carbonyl (C=O) groups is 3. The van der Waals surface area contributed by atoms with Crippen molar-refractivity contribution in [2.45, 2.75) is 19.4 Å². The topological polar surface area (TPSA) is 97.0 Å². The van der Waals surface area contributed by atoms with Gasteiger partial charge in [0.15, 0.2) is 0 Å². The number of hydrogen-bond donors (Lipinski definition) is 2. The lowest BCUT2D eigenvalue weighted by Gasteiger charge is -2.18. The van der Waals surface area contributed by atoms with E-state index in [4.69, 9.17) is 9.47 Å². The Morgan fingerprint density at radius 3 is 2.41 bits per heavy atom. The molecule has 0 saturated carbocycles. The number of anilines is 2. The zero-order chi connectivity index (χ0) is 20.8. The molecule has 1 aliphatic rings. The molecule has 0 aliphatic carbocycles. The summed E-state index contributed by atoms with van der Waals surface area (Å²) in [5.74, 6) is 0.245. The van der Waals surface area contributed by atoms with Crippen molar-refractivity contribution in [3.05, 3.63) is 54.1 Å². The highest BCUT2D eigenvalue weighted by atomic mass is 16.5. The minimum atomic E-state index is -0.414. The fourth-order valence-electron chi connectivity index (χ4n) is 3.07. The van der Waals surface area contributed by atoms with Crippen LogP contribution in [0, 0.1) is 0 Å². The first-order chi connectivity index (χ1) is 14.0. The molecule has 152 valence electrons. The van der Waals surface area contributed by atoms with E-state index in [9.17, 15) is 14.4 Å². The van der Waals surface area contributed by atoms with Crippen LogP contribution in [0.2, 0.25) is 0 Å². The molecule has 0 spiro atoms. The van der Waals surface area contributed by atoms with Crippen molar-refractivity contribution < 1.29 is 23.9 Å². The van der Waals surface area contributed by atoms with Crippen molar-refractivity contribution in [3.8, 4) is 5.75 Å². The molecule has 29 heavy (non-hydrogen) atoms. The van der Waals surface area contributed by atoms with E-state index in [0.717, 1.165) is 5.69 Å². The van der Waals surface area contributed by atoms with Crippen LogP contribution in [-0.4, -0.2) is 44.2 Å². The van der Waals surface area contributed by atoms with E-state index >= 15 is 0 Å². The minimum Gasteiger partial charge on any atom is -0.497 e. The van der Waals surface area contributed by atoms with E-state index < -0.39 is 12.0 Å². The van der Waals surface area contributed by atoms with E-state index in [0.29, 0.717) is 30.2 Å². The predicted octanol–water partition coefficient (Wildman–Crippen LogP) is 2.80. The van der Waals surface area contributed by atoms with Gasteiger partial charge >= 0.3 is 12.0 Å². The van der Waals surface area contributed by atoms with Crippen LogP contribution in [0.5, 0.6) is 5.75 Å².